The normalized spacial score (nSPS) is 12.4. The van der Waals surface area contributed by atoms with Gasteiger partial charge >= 0.3 is 0 Å². The zero-order valence-corrected chi connectivity index (χ0v) is 12.5. The van der Waals surface area contributed by atoms with Crippen LogP contribution < -0.4 is 10.1 Å². The zero-order chi connectivity index (χ0) is 13.7. The van der Waals surface area contributed by atoms with Crippen LogP contribution in [-0.2, 0) is 6.61 Å². The van der Waals surface area contributed by atoms with Crippen molar-refractivity contribution < 1.29 is 4.74 Å². The molecule has 0 spiro atoms. The first-order chi connectivity index (χ1) is 9.15. The summed E-state index contributed by atoms with van der Waals surface area (Å²) in [6.07, 6.45) is 0. The van der Waals surface area contributed by atoms with Crippen LogP contribution in [0.2, 0.25) is 0 Å². The lowest BCUT2D eigenvalue weighted by atomic mass is 10.1. The van der Waals surface area contributed by atoms with Crippen LogP contribution in [0.4, 0.5) is 5.69 Å². The Labute approximate surface area is 119 Å². The molecule has 102 valence electrons. The maximum atomic E-state index is 5.74. The van der Waals surface area contributed by atoms with Gasteiger partial charge in [0.25, 0.3) is 0 Å². The van der Waals surface area contributed by atoms with Gasteiger partial charge in [0, 0.05) is 16.6 Å². The van der Waals surface area contributed by atoms with E-state index >= 15 is 0 Å². The van der Waals surface area contributed by atoms with E-state index in [2.05, 4.69) is 49.7 Å². The van der Waals surface area contributed by atoms with Crippen LogP contribution in [0.25, 0.3) is 0 Å². The Morgan fingerprint density at radius 3 is 2.42 bits per heavy atom. The predicted octanol–water partition coefficient (Wildman–Crippen LogP) is 4.78. The van der Waals surface area contributed by atoms with E-state index in [4.69, 9.17) is 4.74 Å². The van der Waals surface area contributed by atoms with Crippen LogP contribution in [0.3, 0.4) is 0 Å². The number of hydrogen-bond acceptors (Lipinski definition) is 3. The van der Waals surface area contributed by atoms with Gasteiger partial charge in [-0.1, -0.05) is 19.9 Å². The molecule has 19 heavy (non-hydrogen) atoms. The molecule has 0 saturated heterocycles. The summed E-state index contributed by atoms with van der Waals surface area (Å²) in [5.41, 5.74) is 1.14. The van der Waals surface area contributed by atoms with Crippen molar-refractivity contribution >= 4 is 17.0 Å². The van der Waals surface area contributed by atoms with Gasteiger partial charge in [-0.15, -0.1) is 11.3 Å². The van der Waals surface area contributed by atoms with Crippen LogP contribution >= 0.6 is 11.3 Å². The topological polar surface area (TPSA) is 21.3 Å². The average molecular weight is 275 g/mol. The molecule has 0 saturated carbocycles. The first-order valence-corrected chi connectivity index (χ1v) is 7.55. The Morgan fingerprint density at radius 2 is 1.84 bits per heavy atom. The van der Waals surface area contributed by atoms with Crippen LogP contribution in [-0.4, -0.2) is 6.04 Å². The molecule has 0 aliphatic heterocycles. The maximum absolute atomic E-state index is 5.74. The molecule has 2 nitrogen and oxygen atoms in total. The molecule has 0 aliphatic rings. The molecule has 0 bridgehead atoms. The van der Waals surface area contributed by atoms with Gasteiger partial charge in [-0.2, -0.15) is 0 Å². The summed E-state index contributed by atoms with van der Waals surface area (Å²) < 4.78 is 5.74. The minimum atomic E-state index is 0.470. The van der Waals surface area contributed by atoms with Gasteiger partial charge in [-0.25, -0.2) is 0 Å². The van der Waals surface area contributed by atoms with Crippen molar-refractivity contribution in [3.63, 3.8) is 0 Å². The van der Waals surface area contributed by atoms with Crippen molar-refractivity contribution in [3.05, 3.63) is 46.7 Å². The van der Waals surface area contributed by atoms with E-state index < -0.39 is 0 Å². The summed E-state index contributed by atoms with van der Waals surface area (Å²) in [6, 6.07) is 12.8. The van der Waals surface area contributed by atoms with Gasteiger partial charge in [0.05, 0.1) is 0 Å². The lowest BCUT2D eigenvalue weighted by Crippen LogP contribution is -2.21. The third-order valence-electron chi connectivity index (χ3n) is 3.21. The second kappa shape index (κ2) is 6.62. The van der Waals surface area contributed by atoms with Gasteiger partial charge in [0.1, 0.15) is 12.4 Å². The van der Waals surface area contributed by atoms with Crippen LogP contribution in [0.15, 0.2) is 41.8 Å². The highest BCUT2D eigenvalue weighted by Crippen LogP contribution is 2.19. The third kappa shape index (κ3) is 4.28. The maximum Gasteiger partial charge on any atom is 0.122 e. The number of nitrogens with one attached hydrogen (secondary N) is 1. The first kappa shape index (κ1) is 13.9. The molecule has 0 fully saturated rings. The molecule has 1 N–H and O–H groups in total. The molecule has 2 rings (SSSR count). The van der Waals surface area contributed by atoms with Crippen LogP contribution in [0.1, 0.15) is 25.6 Å². The predicted molar refractivity (Wildman–Crippen MR) is 83.0 cm³/mol. The fourth-order valence-corrected chi connectivity index (χ4v) is 2.24. The lowest BCUT2D eigenvalue weighted by Gasteiger charge is -2.18. The number of anilines is 1. The molecular weight excluding hydrogens is 254 g/mol. The number of benzene rings is 1. The molecule has 3 heteroatoms. The van der Waals surface area contributed by atoms with E-state index in [1.165, 1.54) is 4.88 Å². The second-order valence-corrected chi connectivity index (χ2v) is 6.10. The third-order valence-corrected chi connectivity index (χ3v) is 4.06. The highest BCUT2D eigenvalue weighted by atomic mass is 32.1. The largest absolute Gasteiger partial charge is 0.488 e. The highest BCUT2D eigenvalue weighted by molar-refractivity contribution is 7.09. The molecule has 1 aromatic carbocycles. The summed E-state index contributed by atoms with van der Waals surface area (Å²) in [5.74, 6) is 1.53. The van der Waals surface area contributed by atoms with E-state index in [0.29, 0.717) is 18.6 Å². The molecule has 2 aromatic rings. The standard InChI is InChI=1S/C16H21NOS/c1-12(2)13(3)17-14-6-8-15(9-7-14)18-11-16-5-4-10-19-16/h4-10,12-13,17H,11H2,1-3H3. The Morgan fingerprint density at radius 1 is 1.11 bits per heavy atom. The second-order valence-electron chi connectivity index (χ2n) is 5.07. The smallest absolute Gasteiger partial charge is 0.122 e. The van der Waals surface area contributed by atoms with E-state index in [0.717, 1.165) is 11.4 Å². The fraction of sp³-hybridized carbons (Fsp3) is 0.375. The summed E-state index contributed by atoms with van der Waals surface area (Å²) >= 11 is 1.72. The lowest BCUT2D eigenvalue weighted by molar-refractivity contribution is 0.310. The number of thiophene rings is 1. The molecule has 0 radical (unpaired) electrons. The minimum absolute atomic E-state index is 0.470. The van der Waals surface area contributed by atoms with Gasteiger partial charge in [0.15, 0.2) is 0 Å². The number of rotatable bonds is 6. The summed E-state index contributed by atoms with van der Waals surface area (Å²) in [6.45, 7) is 7.28. The summed E-state index contributed by atoms with van der Waals surface area (Å²) in [7, 11) is 0. The molecule has 1 atom stereocenters. The zero-order valence-electron chi connectivity index (χ0n) is 11.7. The Kier molecular flexibility index (Phi) is 4.86. The molecule has 0 amide bonds. The number of hydrogen-bond donors (Lipinski definition) is 1. The van der Waals surface area contributed by atoms with Gasteiger partial charge in [-0.3, -0.25) is 0 Å². The fourth-order valence-electron chi connectivity index (χ4n) is 1.63. The first-order valence-electron chi connectivity index (χ1n) is 6.67. The molecule has 1 aromatic heterocycles. The monoisotopic (exact) mass is 275 g/mol. The van der Waals surface area contributed by atoms with Crippen LogP contribution in [0.5, 0.6) is 5.75 Å². The number of ether oxygens (including phenoxy) is 1. The quantitative estimate of drug-likeness (QED) is 0.819. The Hall–Kier alpha value is -1.48. The summed E-state index contributed by atoms with van der Waals surface area (Å²) in [4.78, 5) is 1.25. The molecule has 1 heterocycles. The van der Waals surface area contributed by atoms with E-state index in [-0.39, 0.29) is 0 Å². The summed E-state index contributed by atoms with van der Waals surface area (Å²) in [5, 5.41) is 5.55. The SMILES string of the molecule is CC(C)C(C)Nc1ccc(OCc2cccs2)cc1. The van der Waals surface area contributed by atoms with Gasteiger partial charge < -0.3 is 10.1 Å². The molecular formula is C16H21NOS. The van der Waals surface area contributed by atoms with Crippen molar-refractivity contribution in [1.29, 1.82) is 0 Å². The minimum Gasteiger partial charge on any atom is -0.488 e. The van der Waals surface area contributed by atoms with Crippen molar-refractivity contribution in [1.82, 2.24) is 0 Å². The van der Waals surface area contributed by atoms with Gasteiger partial charge in [0.2, 0.25) is 0 Å². The van der Waals surface area contributed by atoms with Crippen molar-refractivity contribution in [3.8, 4) is 5.75 Å². The highest BCUT2D eigenvalue weighted by Gasteiger charge is 2.06. The van der Waals surface area contributed by atoms with Crippen LogP contribution in [0, 0.1) is 5.92 Å². The van der Waals surface area contributed by atoms with Gasteiger partial charge in [-0.05, 0) is 48.6 Å². The van der Waals surface area contributed by atoms with E-state index in [1.54, 1.807) is 11.3 Å². The van der Waals surface area contributed by atoms with Crippen molar-refractivity contribution in [2.45, 2.75) is 33.4 Å². The van der Waals surface area contributed by atoms with Crippen molar-refractivity contribution in [2.75, 3.05) is 5.32 Å². The Balaban J connectivity index is 1.87. The molecule has 0 aliphatic carbocycles. The van der Waals surface area contributed by atoms with Crippen molar-refractivity contribution in [2.24, 2.45) is 5.92 Å². The van der Waals surface area contributed by atoms with E-state index in [9.17, 15) is 0 Å². The Bertz CT molecular complexity index is 476. The van der Waals surface area contributed by atoms with E-state index in [1.807, 2.05) is 18.2 Å². The average Bonchev–Trinajstić information content (AvgIpc) is 2.91. The molecule has 1 unspecified atom stereocenters.